The van der Waals surface area contributed by atoms with Crippen molar-refractivity contribution in [1.82, 2.24) is 14.7 Å². The number of carbonyl (C=O) groups excluding carboxylic acids is 1. The maximum atomic E-state index is 11.9. The van der Waals surface area contributed by atoms with E-state index >= 15 is 0 Å². The first-order chi connectivity index (χ1) is 9.41. The van der Waals surface area contributed by atoms with Gasteiger partial charge in [-0.1, -0.05) is 6.92 Å². The van der Waals surface area contributed by atoms with Crippen molar-refractivity contribution in [3.05, 3.63) is 35.8 Å². The van der Waals surface area contributed by atoms with Crippen LogP contribution in [0.2, 0.25) is 0 Å². The van der Waals surface area contributed by atoms with Crippen molar-refractivity contribution < 1.29 is 13.2 Å². The van der Waals surface area contributed by atoms with Gasteiger partial charge in [0.25, 0.3) is 5.91 Å². The van der Waals surface area contributed by atoms with Gasteiger partial charge in [0.05, 0.1) is 5.75 Å². The Bertz CT molecular complexity index is 734. The number of fused-ring (bicyclic) bond motifs is 1. The summed E-state index contributed by atoms with van der Waals surface area (Å²) >= 11 is 0. The first-order valence-electron chi connectivity index (χ1n) is 6.35. The Labute approximate surface area is 117 Å². The molecule has 0 aliphatic heterocycles. The molecular weight excluding hydrogens is 278 g/mol. The smallest absolute Gasteiger partial charge is 0.271 e. The second kappa shape index (κ2) is 5.62. The number of rotatable bonds is 5. The maximum absolute atomic E-state index is 11.9. The van der Waals surface area contributed by atoms with Crippen LogP contribution in [0.3, 0.4) is 0 Å². The molecule has 2 aromatic heterocycles. The molecule has 0 spiro atoms. The summed E-state index contributed by atoms with van der Waals surface area (Å²) in [5.41, 5.74) is 2.03. The molecule has 0 radical (unpaired) electrons. The number of pyridine rings is 1. The highest BCUT2D eigenvalue weighted by Gasteiger charge is 2.12. The van der Waals surface area contributed by atoms with Gasteiger partial charge in [-0.3, -0.25) is 4.79 Å². The average Bonchev–Trinajstić information content (AvgIpc) is 2.81. The molecule has 0 aliphatic rings. The Hall–Kier alpha value is -1.89. The van der Waals surface area contributed by atoms with E-state index in [0.29, 0.717) is 5.65 Å². The van der Waals surface area contributed by atoms with Crippen LogP contribution in [0.15, 0.2) is 24.5 Å². The number of hydrogen-bond acceptors (Lipinski definition) is 4. The molecular formula is C13H17N3O3S. The standard InChI is InChI=1S/C13H17N3O3S/c1-3-20(18,19)7-5-14-13(17)11-9-16-6-4-10(2)8-12(16)15-11/h4,6,8-9H,3,5,7H2,1-2H3,(H,14,17). The zero-order valence-electron chi connectivity index (χ0n) is 11.5. The van der Waals surface area contributed by atoms with E-state index in [-0.39, 0.29) is 29.7 Å². The predicted molar refractivity (Wildman–Crippen MR) is 76.6 cm³/mol. The van der Waals surface area contributed by atoms with E-state index in [9.17, 15) is 13.2 Å². The predicted octanol–water partition coefficient (Wildman–Crippen LogP) is 0.807. The quantitative estimate of drug-likeness (QED) is 0.885. The monoisotopic (exact) mass is 295 g/mol. The molecule has 2 aromatic rings. The first-order valence-corrected chi connectivity index (χ1v) is 8.17. The fraction of sp³-hybridized carbons (Fsp3) is 0.385. The lowest BCUT2D eigenvalue weighted by atomic mass is 10.3. The lowest BCUT2D eigenvalue weighted by molar-refractivity contribution is 0.0952. The van der Waals surface area contributed by atoms with Crippen LogP contribution in [0, 0.1) is 6.92 Å². The van der Waals surface area contributed by atoms with Crippen LogP contribution in [0.25, 0.3) is 5.65 Å². The molecule has 6 nitrogen and oxygen atoms in total. The molecule has 0 fully saturated rings. The van der Waals surface area contributed by atoms with Crippen molar-refractivity contribution in [1.29, 1.82) is 0 Å². The van der Waals surface area contributed by atoms with Crippen molar-refractivity contribution in [3.63, 3.8) is 0 Å². The number of aryl methyl sites for hydroxylation is 1. The number of sulfone groups is 1. The van der Waals surface area contributed by atoms with E-state index in [1.165, 1.54) is 0 Å². The van der Waals surface area contributed by atoms with Gasteiger partial charge in [-0.05, 0) is 24.6 Å². The largest absolute Gasteiger partial charge is 0.350 e. The summed E-state index contributed by atoms with van der Waals surface area (Å²) in [5.74, 6) is -0.337. The molecule has 7 heteroatoms. The minimum Gasteiger partial charge on any atom is -0.350 e. The summed E-state index contributed by atoms with van der Waals surface area (Å²) in [7, 11) is -3.07. The SMILES string of the molecule is CCS(=O)(=O)CCNC(=O)c1cn2ccc(C)cc2n1. The Morgan fingerprint density at radius 1 is 1.45 bits per heavy atom. The summed E-state index contributed by atoms with van der Waals surface area (Å²) in [6.45, 7) is 3.63. The third kappa shape index (κ3) is 3.36. The topological polar surface area (TPSA) is 80.5 Å². The van der Waals surface area contributed by atoms with Crippen LogP contribution in [-0.4, -0.2) is 41.8 Å². The second-order valence-electron chi connectivity index (χ2n) is 4.59. The maximum Gasteiger partial charge on any atom is 0.271 e. The second-order valence-corrected chi connectivity index (χ2v) is 7.06. The summed E-state index contributed by atoms with van der Waals surface area (Å²) in [4.78, 5) is 16.1. The highest BCUT2D eigenvalue weighted by Crippen LogP contribution is 2.07. The molecule has 0 aromatic carbocycles. The number of nitrogens with one attached hydrogen (secondary N) is 1. The molecule has 2 rings (SSSR count). The van der Waals surface area contributed by atoms with Gasteiger partial charge in [-0.2, -0.15) is 0 Å². The molecule has 0 unspecified atom stereocenters. The fourth-order valence-corrected chi connectivity index (χ4v) is 2.45. The molecule has 0 saturated carbocycles. The van der Waals surface area contributed by atoms with E-state index in [4.69, 9.17) is 0 Å². The number of nitrogens with zero attached hydrogens (tertiary/aromatic N) is 2. The van der Waals surface area contributed by atoms with Crippen LogP contribution in [0.4, 0.5) is 0 Å². The van der Waals surface area contributed by atoms with Crippen LogP contribution < -0.4 is 5.32 Å². The summed E-state index contributed by atoms with van der Waals surface area (Å²) < 4.78 is 24.4. The van der Waals surface area contributed by atoms with Gasteiger partial charge in [0.15, 0.2) is 9.84 Å². The lowest BCUT2D eigenvalue weighted by Gasteiger charge is -2.02. The van der Waals surface area contributed by atoms with Crippen LogP contribution in [0.5, 0.6) is 0 Å². The van der Waals surface area contributed by atoms with Gasteiger partial charge in [0.2, 0.25) is 0 Å². The van der Waals surface area contributed by atoms with E-state index in [1.54, 1.807) is 17.5 Å². The van der Waals surface area contributed by atoms with Crippen molar-refractivity contribution in [2.45, 2.75) is 13.8 Å². The van der Waals surface area contributed by atoms with E-state index in [2.05, 4.69) is 10.3 Å². The zero-order valence-corrected chi connectivity index (χ0v) is 12.3. The first kappa shape index (κ1) is 14.5. The highest BCUT2D eigenvalue weighted by molar-refractivity contribution is 7.91. The summed E-state index contributed by atoms with van der Waals surface area (Å²) in [6.07, 6.45) is 3.45. The van der Waals surface area contributed by atoms with Gasteiger partial charge in [-0.25, -0.2) is 13.4 Å². The van der Waals surface area contributed by atoms with E-state index in [1.807, 2.05) is 25.3 Å². The summed E-state index contributed by atoms with van der Waals surface area (Å²) in [6, 6.07) is 3.79. The molecule has 0 atom stereocenters. The van der Waals surface area contributed by atoms with Crippen molar-refractivity contribution in [2.75, 3.05) is 18.1 Å². The molecule has 0 saturated heterocycles. The molecule has 1 amide bonds. The van der Waals surface area contributed by atoms with Gasteiger partial charge < -0.3 is 9.72 Å². The molecule has 2 heterocycles. The van der Waals surface area contributed by atoms with Crippen LogP contribution >= 0.6 is 0 Å². The number of imidazole rings is 1. The molecule has 0 bridgehead atoms. The minimum atomic E-state index is -3.07. The number of amides is 1. The number of carbonyl (C=O) groups is 1. The third-order valence-corrected chi connectivity index (χ3v) is 4.69. The van der Waals surface area contributed by atoms with Crippen molar-refractivity contribution >= 4 is 21.4 Å². The van der Waals surface area contributed by atoms with E-state index in [0.717, 1.165) is 5.56 Å². The summed E-state index contributed by atoms with van der Waals surface area (Å²) in [5, 5.41) is 2.57. The molecule has 1 N–H and O–H groups in total. The van der Waals surface area contributed by atoms with Gasteiger partial charge >= 0.3 is 0 Å². The molecule has 108 valence electrons. The molecule has 20 heavy (non-hydrogen) atoms. The molecule has 0 aliphatic carbocycles. The Balaban J connectivity index is 2.04. The Morgan fingerprint density at radius 3 is 2.90 bits per heavy atom. The number of hydrogen-bond donors (Lipinski definition) is 1. The zero-order chi connectivity index (χ0) is 14.8. The van der Waals surface area contributed by atoms with Crippen molar-refractivity contribution in [3.8, 4) is 0 Å². The lowest BCUT2D eigenvalue weighted by Crippen LogP contribution is -2.29. The van der Waals surface area contributed by atoms with Gasteiger partial charge in [0, 0.05) is 24.7 Å². The highest BCUT2D eigenvalue weighted by atomic mass is 32.2. The normalized spacial score (nSPS) is 11.7. The van der Waals surface area contributed by atoms with E-state index < -0.39 is 9.84 Å². The fourth-order valence-electron chi connectivity index (χ4n) is 1.75. The van der Waals surface area contributed by atoms with Crippen molar-refractivity contribution in [2.24, 2.45) is 0 Å². The number of aromatic nitrogens is 2. The van der Waals surface area contributed by atoms with Gasteiger partial charge in [-0.15, -0.1) is 0 Å². The Kier molecular flexibility index (Phi) is 4.08. The van der Waals surface area contributed by atoms with Crippen LogP contribution in [0.1, 0.15) is 23.0 Å². The average molecular weight is 295 g/mol. The minimum absolute atomic E-state index is 0.0538. The Morgan fingerprint density at radius 2 is 2.20 bits per heavy atom. The third-order valence-electron chi connectivity index (χ3n) is 2.99. The van der Waals surface area contributed by atoms with Gasteiger partial charge in [0.1, 0.15) is 11.3 Å². The van der Waals surface area contributed by atoms with Crippen LogP contribution in [-0.2, 0) is 9.84 Å².